The lowest BCUT2D eigenvalue weighted by Crippen LogP contribution is -2.47. The van der Waals surface area contributed by atoms with Crippen molar-refractivity contribution in [1.29, 1.82) is 0 Å². The molecule has 2 unspecified atom stereocenters. The van der Waals surface area contributed by atoms with Crippen molar-refractivity contribution in [2.45, 2.75) is 69.5 Å². The Hall–Kier alpha value is -0.650. The molecule has 0 N–H and O–H groups in total. The number of ether oxygens (including phenoxy) is 3. The van der Waals surface area contributed by atoms with Gasteiger partial charge >= 0.3 is 0 Å². The summed E-state index contributed by atoms with van der Waals surface area (Å²) in [6, 6.07) is 0.292. The molecule has 5 nitrogen and oxygen atoms in total. The normalized spacial score (nSPS) is 33.7. The number of likely N-dealkylation sites (N-methyl/N-ethyl adjacent to an activating group) is 1. The molecule has 0 radical (unpaired) electrons. The third kappa shape index (κ3) is 2.71. The highest BCUT2D eigenvalue weighted by Crippen LogP contribution is 2.37. The molecule has 2 atom stereocenters. The van der Waals surface area contributed by atoms with Crippen molar-refractivity contribution in [3.63, 3.8) is 0 Å². The second kappa shape index (κ2) is 5.62. The first kappa shape index (κ1) is 14.3. The lowest BCUT2D eigenvalue weighted by atomic mass is 9.89. The van der Waals surface area contributed by atoms with E-state index in [4.69, 9.17) is 14.2 Å². The van der Waals surface area contributed by atoms with E-state index < -0.39 is 0 Å². The molecule has 1 aliphatic carbocycles. The summed E-state index contributed by atoms with van der Waals surface area (Å²) in [5.74, 6) is -0.206. The molecule has 0 aromatic rings. The third-order valence-corrected chi connectivity index (χ3v) is 4.93. The Morgan fingerprint density at radius 1 is 1.10 bits per heavy atom. The quantitative estimate of drug-likeness (QED) is 0.774. The monoisotopic (exact) mass is 283 g/mol. The average molecular weight is 283 g/mol. The topological polar surface area (TPSA) is 48.0 Å². The fourth-order valence-electron chi connectivity index (χ4n) is 3.61. The van der Waals surface area contributed by atoms with Gasteiger partial charge in [0.25, 0.3) is 5.91 Å². The zero-order valence-electron chi connectivity index (χ0n) is 12.5. The molecule has 0 aromatic carbocycles. The van der Waals surface area contributed by atoms with Crippen LogP contribution < -0.4 is 0 Å². The van der Waals surface area contributed by atoms with Crippen LogP contribution in [0.4, 0.5) is 0 Å². The zero-order valence-corrected chi connectivity index (χ0v) is 12.5. The molecule has 3 fully saturated rings. The standard InChI is InChI=1S/C15H25NO4/c1-11-3-4-13(20-11)14(17)16(2)12-5-7-15(8-6-12)18-9-10-19-15/h11-13H,3-10H2,1-2H3. The molecule has 1 amide bonds. The maximum absolute atomic E-state index is 12.4. The maximum atomic E-state index is 12.4. The summed E-state index contributed by atoms with van der Waals surface area (Å²) in [6.45, 7) is 3.44. The molecule has 2 saturated heterocycles. The minimum absolute atomic E-state index is 0.142. The van der Waals surface area contributed by atoms with E-state index in [0.29, 0.717) is 19.3 Å². The second-order valence-electron chi connectivity index (χ2n) is 6.30. The molecular weight excluding hydrogens is 258 g/mol. The minimum Gasteiger partial charge on any atom is -0.365 e. The van der Waals surface area contributed by atoms with Crippen LogP contribution in [0.1, 0.15) is 45.4 Å². The Labute approximate surface area is 120 Å². The first-order valence-electron chi connectivity index (χ1n) is 7.80. The number of rotatable bonds is 2. The van der Waals surface area contributed by atoms with E-state index in [1.807, 2.05) is 18.9 Å². The van der Waals surface area contributed by atoms with Crippen LogP contribution in [-0.4, -0.2) is 55.1 Å². The second-order valence-corrected chi connectivity index (χ2v) is 6.30. The Kier molecular flexibility index (Phi) is 4.02. The molecular formula is C15H25NO4. The van der Waals surface area contributed by atoms with Crippen LogP contribution >= 0.6 is 0 Å². The molecule has 0 bridgehead atoms. The van der Waals surface area contributed by atoms with Crippen molar-refractivity contribution >= 4 is 5.91 Å². The summed E-state index contributed by atoms with van der Waals surface area (Å²) >= 11 is 0. The van der Waals surface area contributed by atoms with Crippen molar-refractivity contribution in [2.75, 3.05) is 20.3 Å². The summed E-state index contributed by atoms with van der Waals surface area (Å²) in [7, 11) is 1.91. The van der Waals surface area contributed by atoms with Crippen LogP contribution in [0.25, 0.3) is 0 Å². The van der Waals surface area contributed by atoms with Gasteiger partial charge in [0.15, 0.2) is 5.79 Å². The fraction of sp³-hybridized carbons (Fsp3) is 0.933. The number of carbonyl (C=O) groups excluding carboxylic acids is 1. The van der Waals surface area contributed by atoms with Crippen molar-refractivity contribution < 1.29 is 19.0 Å². The average Bonchev–Trinajstić information content (AvgIpc) is 3.08. The van der Waals surface area contributed by atoms with Gasteiger partial charge in [-0.15, -0.1) is 0 Å². The van der Waals surface area contributed by atoms with Crippen LogP contribution in [-0.2, 0) is 19.0 Å². The van der Waals surface area contributed by atoms with Crippen LogP contribution in [0.2, 0.25) is 0 Å². The van der Waals surface area contributed by atoms with E-state index in [9.17, 15) is 4.79 Å². The Morgan fingerprint density at radius 2 is 1.75 bits per heavy atom. The van der Waals surface area contributed by atoms with Gasteiger partial charge in [0.1, 0.15) is 6.10 Å². The van der Waals surface area contributed by atoms with Gasteiger partial charge in [0, 0.05) is 25.9 Å². The van der Waals surface area contributed by atoms with Gasteiger partial charge in [0.05, 0.1) is 19.3 Å². The fourth-order valence-corrected chi connectivity index (χ4v) is 3.61. The molecule has 5 heteroatoms. The molecule has 3 rings (SSSR count). The summed E-state index contributed by atoms with van der Waals surface area (Å²) in [5, 5.41) is 0. The predicted molar refractivity (Wildman–Crippen MR) is 73.2 cm³/mol. The molecule has 1 saturated carbocycles. The number of amides is 1. The van der Waals surface area contributed by atoms with Crippen LogP contribution in [0.15, 0.2) is 0 Å². The zero-order chi connectivity index (χ0) is 14.2. The van der Waals surface area contributed by atoms with Gasteiger partial charge in [-0.3, -0.25) is 4.79 Å². The minimum atomic E-state index is -0.348. The molecule has 3 aliphatic rings. The lowest BCUT2D eigenvalue weighted by Gasteiger charge is -2.39. The number of hydrogen-bond donors (Lipinski definition) is 0. The van der Waals surface area contributed by atoms with E-state index in [1.54, 1.807) is 0 Å². The molecule has 1 spiro atoms. The van der Waals surface area contributed by atoms with Gasteiger partial charge in [-0.05, 0) is 32.6 Å². The van der Waals surface area contributed by atoms with Gasteiger partial charge in [-0.1, -0.05) is 0 Å². The van der Waals surface area contributed by atoms with Gasteiger partial charge < -0.3 is 19.1 Å². The Bertz CT molecular complexity index is 357. The SMILES string of the molecule is CC1CCC(C(=O)N(C)C2CCC3(CC2)OCCO3)O1. The Morgan fingerprint density at radius 3 is 2.30 bits per heavy atom. The van der Waals surface area contributed by atoms with E-state index in [-0.39, 0.29) is 23.9 Å². The van der Waals surface area contributed by atoms with Gasteiger partial charge in [-0.25, -0.2) is 0 Å². The Balaban J connectivity index is 1.53. The summed E-state index contributed by atoms with van der Waals surface area (Å²) in [4.78, 5) is 14.3. The summed E-state index contributed by atoms with van der Waals surface area (Å²) < 4.78 is 17.2. The van der Waals surface area contributed by atoms with Crippen molar-refractivity contribution in [3.05, 3.63) is 0 Å². The number of hydrogen-bond acceptors (Lipinski definition) is 4. The molecule has 20 heavy (non-hydrogen) atoms. The predicted octanol–water partition coefficient (Wildman–Crippen LogP) is 1.70. The summed E-state index contributed by atoms with van der Waals surface area (Å²) in [6.07, 6.45) is 5.49. The van der Waals surface area contributed by atoms with Crippen molar-refractivity contribution in [1.82, 2.24) is 4.90 Å². The first-order valence-corrected chi connectivity index (χ1v) is 7.80. The summed E-state index contributed by atoms with van der Waals surface area (Å²) in [5.41, 5.74) is 0. The lowest BCUT2D eigenvalue weighted by molar-refractivity contribution is -0.185. The molecule has 2 aliphatic heterocycles. The number of carbonyl (C=O) groups is 1. The van der Waals surface area contributed by atoms with E-state index in [2.05, 4.69) is 0 Å². The smallest absolute Gasteiger partial charge is 0.251 e. The van der Waals surface area contributed by atoms with Crippen molar-refractivity contribution in [3.8, 4) is 0 Å². The first-order chi connectivity index (χ1) is 9.60. The largest absolute Gasteiger partial charge is 0.365 e. The highest BCUT2D eigenvalue weighted by Gasteiger charge is 2.42. The maximum Gasteiger partial charge on any atom is 0.251 e. The van der Waals surface area contributed by atoms with E-state index >= 15 is 0 Å². The van der Waals surface area contributed by atoms with E-state index in [0.717, 1.165) is 38.5 Å². The van der Waals surface area contributed by atoms with Crippen LogP contribution in [0, 0.1) is 0 Å². The number of nitrogens with zero attached hydrogens (tertiary/aromatic N) is 1. The van der Waals surface area contributed by atoms with Gasteiger partial charge in [-0.2, -0.15) is 0 Å². The van der Waals surface area contributed by atoms with Crippen molar-refractivity contribution in [2.24, 2.45) is 0 Å². The highest BCUT2D eigenvalue weighted by atomic mass is 16.7. The van der Waals surface area contributed by atoms with E-state index in [1.165, 1.54) is 0 Å². The molecule has 114 valence electrons. The van der Waals surface area contributed by atoms with Gasteiger partial charge in [0.2, 0.25) is 0 Å². The molecule has 2 heterocycles. The highest BCUT2D eigenvalue weighted by molar-refractivity contribution is 5.81. The molecule has 0 aromatic heterocycles. The third-order valence-electron chi connectivity index (χ3n) is 4.93. The van der Waals surface area contributed by atoms with Crippen LogP contribution in [0.3, 0.4) is 0 Å². The van der Waals surface area contributed by atoms with Crippen LogP contribution in [0.5, 0.6) is 0 Å².